The van der Waals surface area contributed by atoms with Crippen molar-refractivity contribution in [3.63, 3.8) is 0 Å². The predicted octanol–water partition coefficient (Wildman–Crippen LogP) is 3.26. The molecule has 15 heavy (non-hydrogen) atoms. The molecule has 1 saturated heterocycles. The molecule has 2 rings (SSSR count). The molecule has 1 atom stereocenters. The fourth-order valence-electron chi connectivity index (χ4n) is 1.59. The lowest BCUT2D eigenvalue weighted by atomic mass is 10.0. The van der Waals surface area contributed by atoms with Crippen LogP contribution < -0.4 is 5.32 Å². The highest BCUT2D eigenvalue weighted by Crippen LogP contribution is 2.31. The number of benzene rings is 1. The molecular formula is C11H11BrN2S. The van der Waals surface area contributed by atoms with E-state index in [2.05, 4.69) is 27.3 Å². The number of hydrogen-bond acceptors (Lipinski definition) is 3. The van der Waals surface area contributed by atoms with Gasteiger partial charge in [-0.15, -0.1) is 0 Å². The Kier molecular flexibility index (Phi) is 3.22. The van der Waals surface area contributed by atoms with E-state index in [4.69, 9.17) is 0 Å². The Morgan fingerprint density at radius 3 is 2.67 bits per heavy atom. The molecule has 0 aromatic heterocycles. The quantitative estimate of drug-likeness (QED) is 0.905. The van der Waals surface area contributed by atoms with Crippen LogP contribution in [0.1, 0.15) is 6.42 Å². The average molecular weight is 283 g/mol. The van der Waals surface area contributed by atoms with Gasteiger partial charge in [0, 0.05) is 15.9 Å². The lowest BCUT2D eigenvalue weighted by Crippen LogP contribution is -2.36. The molecule has 1 N–H and O–H groups in total. The maximum absolute atomic E-state index is 9.20. The third-order valence-corrected chi connectivity index (χ3v) is 4.18. The van der Waals surface area contributed by atoms with Gasteiger partial charge in [-0.05, 0) is 36.4 Å². The molecule has 0 amide bonds. The Morgan fingerprint density at radius 1 is 1.40 bits per heavy atom. The summed E-state index contributed by atoms with van der Waals surface area (Å²) in [5.41, 5.74) is 0.653. The second kappa shape index (κ2) is 4.46. The number of anilines is 1. The van der Waals surface area contributed by atoms with E-state index in [1.54, 1.807) is 0 Å². The number of nitrogens with one attached hydrogen (secondary N) is 1. The summed E-state index contributed by atoms with van der Waals surface area (Å²) in [5, 5.41) is 12.5. The van der Waals surface area contributed by atoms with Crippen LogP contribution in [0.3, 0.4) is 0 Å². The maximum atomic E-state index is 9.20. The molecule has 1 aliphatic rings. The number of nitriles is 1. The lowest BCUT2D eigenvalue weighted by Gasteiger charge is -2.22. The van der Waals surface area contributed by atoms with Crippen LogP contribution in [-0.2, 0) is 0 Å². The largest absolute Gasteiger partial charge is 0.367 e. The van der Waals surface area contributed by atoms with Gasteiger partial charge in [0.25, 0.3) is 0 Å². The minimum atomic E-state index is -0.363. The molecule has 0 saturated carbocycles. The van der Waals surface area contributed by atoms with Crippen molar-refractivity contribution in [3.05, 3.63) is 28.7 Å². The second-order valence-electron chi connectivity index (χ2n) is 3.63. The van der Waals surface area contributed by atoms with Crippen LogP contribution in [0.2, 0.25) is 0 Å². The van der Waals surface area contributed by atoms with Gasteiger partial charge in [-0.3, -0.25) is 0 Å². The molecular weight excluding hydrogens is 272 g/mol. The topological polar surface area (TPSA) is 35.8 Å². The van der Waals surface area contributed by atoms with Gasteiger partial charge in [-0.2, -0.15) is 17.0 Å². The predicted molar refractivity (Wildman–Crippen MR) is 68.1 cm³/mol. The van der Waals surface area contributed by atoms with Crippen LogP contribution in [0, 0.1) is 11.3 Å². The van der Waals surface area contributed by atoms with Crippen LogP contribution in [-0.4, -0.2) is 17.0 Å². The molecule has 2 nitrogen and oxygen atoms in total. The normalized spacial score (nSPS) is 24.8. The lowest BCUT2D eigenvalue weighted by molar-refractivity contribution is 0.666. The molecule has 0 aliphatic carbocycles. The fraction of sp³-hybridized carbons (Fsp3) is 0.364. The van der Waals surface area contributed by atoms with E-state index in [1.807, 2.05) is 36.0 Å². The van der Waals surface area contributed by atoms with Gasteiger partial charge < -0.3 is 5.32 Å². The maximum Gasteiger partial charge on any atom is 0.135 e. The monoisotopic (exact) mass is 282 g/mol. The zero-order valence-corrected chi connectivity index (χ0v) is 10.6. The van der Waals surface area contributed by atoms with Crippen molar-refractivity contribution in [2.45, 2.75) is 12.0 Å². The number of halogens is 1. The van der Waals surface area contributed by atoms with Crippen molar-refractivity contribution in [2.24, 2.45) is 0 Å². The van der Waals surface area contributed by atoms with Crippen molar-refractivity contribution in [3.8, 4) is 6.07 Å². The summed E-state index contributed by atoms with van der Waals surface area (Å²) in [6.07, 6.45) is 0.921. The van der Waals surface area contributed by atoms with E-state index in [0.29, 0.717) is 0 Å². The van der Waals surface area contributed by atoms with Gasteiger partial charge in [0.1, 0.15) is 5.54 Å². The summed E-state index contributed by atoms with van der Waals surface area (Å²) in [6, 6.07) is 10.3. The number of hydrogen-bond donors (Lipinski definition) is 1. The smallest absolute Gasteiger partial charge is 0.135 e. The third kappa shape index (κ3) is 2.47. The molecule has 0 spiro atoms. The molecule has 78 valence electrons. The minimum Gasteiger partial charge on any atom is -0.367 e. The molecule has 1 fully saturated rings. The van der Waals surface area contributed by atoms with E-state index in [9.17, 15) is 5.26 Å². The Morgan fingerprint density at radius 2 is 2.13 bits per heavy atom. The summed E-state index contributed by atoms with van der Waals surface area (Å²) in [5.74, 6) is 1.94. The molecule has 1 heterocycles. The third-order valence-electron chi connectivity index (χ3n) is 2.46. The Labute approximate surface area is 102 Å². The first kappa shape index (κ1) is 10.8. The highest BCUT2D eigenvalue weighted by molar-refractivity contribution is 9.10. The zero-order valence-electron chi connectivity index (χ0n) is 8.16. The molecule has 0 radical (unpaired) electrons. The summed E-state index contributed by atoms with van der Waals surface area (Å²) >= 11 is 5.23. The SMILES string of the molecule is N#CC1(Nc2ccc(Br)cc2)CCSC1. The van der Waals surface area contributed by atoms with Crippen LogP contribution in [0.4, 0.5) is 5.69 Å². The number of rotatable bonds is 2. The minimum absolute atomic E-state index is 0.363. The van der Waals surface area contributed by atoms with E-state index >= 15 is 0 Å². The fourth-order valence-corrected chi connectivity index (χ4v) is 3.12. The van der Waals surface area contributed by atoms with Crippen LogP contribution >= 0.6 is 27.7 Å². The van der Waals surface area contributed by atoms with E-state index in [-0.39, 0.29) is 5.54 Å². The van der Waals surface area contributed by atoms with Crippen LogP contribution in [0.5, 0.6) is 0 Å². The molecule has 1 aliphatic heterocycles. The van der Waals surface area contributed by atoms with Gasteiger partial charge in [0.2, 0.25) is 0 Å². The van der Waals surface area contributed by atoms with Crippen molar-refractivity contribution in [2.75, 3.05) is 16.8 Å². The number of thioether (sulfide) groups is 1. The zero-order chi connectivity index (χ0) is 10.7. The van der Waals surface area contributed by atoms with E-state index in [0.717, 1.165) is 28.1 Å². The standard InChI is InChI=1S/C11H11BrN2S/c12-9-1-3-10(4-2-9)14-11(7-13)5-6-15-8-11/h1-4,14H,5-6,8H2. The first-order valence-electron chi connectivity index (χ1n) is 4.77. The molecule has 1 aromatic rings. The van der Waals surface area contributed by atoms with Crippen LogP contribution in [0.15, 0.2) is 28.7 Å². The number of nitrogens with zero attached hydrogens (tertiary/aromatic N) is 1. The summed E-state index contributed by atoms with van der Waals surface area (Å²) in [7, 11) is 0. The molecule has 1 unspecified atom stereocenters. The first-order valence-corrected chi connectivity index (χ1v) is 6.72. The van der Waals surface area contributed by atoms with Gasteiger partial charge in [0.15, 0.2) is 0 Å². The highest BCUT2D eigenvalue weighted by Gasteiger charge is 2.34. The highest BCUT2D eigenvalue weighted by atomic mass is 79.9. The van der Waals surface area contributed by atoms with Crippen molar-refractivity contribution >= 4 is 33.4 Å². The summed E-state index contributed by atoms with van der Waals surface area (Å²) < 4.78 is 1.06. The summed E-state index contributed by atoms with van der Waals surface area (Å²) in [4.78, 5) is 0. The van der Waals surface area contributed by atoms with Gasteiger partial charge in [-0.25, -0.2) is 0 Å². The Balaban J connectivity index is 2.14. The molecule has 4 heteroatoms. The van der Waals surface area contributed by atoms with Gasteiger partial charge in [0.05, 0.1) is 6.07 Å². The van der Waals surface area contributed by atoms with Gasteiger partial charge >= 0.3 is 0 Å². The molecule has 0 bridgehead atoms. The second-order valence-corrected chi connectivity index (χ2v) is 5.65. The Hall–Kier alpha value is -0.660. The van der Waals surface area contributed by atoms with Gasteiger partial charge in [-0.1, -0.05) is 15.9 Å². The van der Waals surface area contributed by atoms with E-state index in [1.165, 1.54) is 0 Å². The van der Waals surface area contributed by atoms with Crippen molar-refractivity contribution in [1.82, 2.24) is 0 Å². The average Bonchev–Trinajstić information content (AvgIpc) is 2.71. The van der Waals surface area contributed by atoms with Crippen molar-refractivity contribution < 1.29 is 0 Å². The summed E-state index contributed by atoms with van der Waals surface area (Å²) in [6.45, 7) is 0. The molecule has 1 aromatic carbocycles. The van der Waals surface area contributed by atoms with Crippen molar-refractivity contribution in [1.29, 1.82) is 5.26 Å². The van der Waals surface area contributed by atoms with Crippen LogP contribution in [0.25, 0.3) is 0 Å². The Bertz CT molecular complexity index is 377. The first-order chi connectivity index (χ1) is 7.24. The van der Waals surface area contributed by atoms with E-state index < -0.39 is 0 Å².